The summed E-state index contributed by atoms with van der Waals surface area (Å²) in [4.78, 5) is 14.6. The molecule has 2 unspecified atom stereocenters. The largest absolute Gasteiger partial charge is 0.479 e. The second kappa shape index (κ2) is 9.16. The Bertz CT molecular complexity index is 755. The molecule has 0 aliphatic carbocycles. The SMILES string of the molecule is CCc1c(C(CC)N(CC)CC)cccc1C(O)(C(=O)O)c1ccccc1. The van der Waals surface area contributed by atoms with E-state index in [-0.39, 0.29) is 6.04 Å². The molecular formula is C23H31NO3. The van der Waals surface area contributed by atoms with Crippen molar-refractivity contribution >= 4 is 5.97 Å². The zero-order chi connectivity index (χ0) is 20.0. The third-order valence-corrected chi connectivity index (χ3v) is 5.46. The number of rotatable bonds is 9. The molecule has 27 heavy (non-hydrogen) atoms. The molecular weight excluding hydrogens is 338 g/mol. The molecule has 0 saturated carbocycles. The number of hydrogen-bond acceptors (Lipinski definition) is 3. The summed E-state index contributed by atoms with van der Waals surface area (Å²) in [7, 11) is 0. The molecule has 2 aromatic carbocycles. The predicted molar refractivity (Wildman–Crippen MR) is 109 cm³/mol. The number of benzene rings is 2. The van der Waals surface area contributed by atoms with Crippen molar-refractivity contribution in [2.45, 2.75) is 52.2 Å². The topological polar surface area (TPSA) is 60.8 Å². The summed E-state index contributed by atoms with van der Waals surface area (Å²) in [6.45, 7) is 10.3. The third kappa shape index (κ3) is 3.92. The Morgan fingerprint density at radius 2 is 1.63 bits per heavy atom. The van der Waals surface area contributed by atoms with Crippen molar-refractivity contribution in [3.8, 4) is 0 Å². The van der Waals surface area contributed by atoms with Crippen molar-refractivity contribution in [2.75, 3.05) is 13.1 Å². The molecule has 4 nitrogen and oxygen atoms in total. The number of carbonyl (C=O) groups is 1. The lowest BCUT2D eigenvalue weighted by molar-refractivity contribution is -0.155. The van der Waals surface area contributed by atoms with Gasteiger partial charge in [0.15, 0.2) is 0 Å². The molecule has 0 saturated heterocycles. The second-order valence-corrected chi connectivity index (χ2v) is 6.75. The maximum atomic E-state index is 12.2. The van der Waals surface area contributed by atoms with Crippen LogP contribution in [-0.4, -0.2) is 34.2 Å². The van der Waals surface area contributed by atoms with E-state index in [0.717, 1.165) is 30.6 Å². The van der Waals surface area contributed by atoms with Crippen LogP contribution in [0.25, 0.3) is 0 Å². The smallest absolute Gasteiger partial charge is 0.345 e. The van der Waals surface area contributed by atoms with Gasteiger partial charge in [-0.25, -0.2) is 4.79 Å². The highest BCUT2D eigenvalue weighted by Crippen LogP contribution is 2.37. The first-order valence-electron chi connectivity index (χ1n) is 9.83. The Morgan fingerprint density at radius 3 is 2.11 bits per heavy atom. The fraction of sp³-hybridized carbons (Fsp3) is 0.435. The predicted octanol–water partition coefficient (Wildman–Crippen LogP) is 4.36. The van der Waals surface area contributed by atoms with Crippen LogP contribution in [0.3, 0.4) is 0 Å². The zero-order valence-electron chi connectivity index (χ0n) is 16.8. The van der Waals surface area contributed by atoms with Crippen molar-refractivity contribution in [1.82, 2.24) is 4.90 Å². The second-order valence-electron chi connectivity index (χ2n) is 6.75. The molecule has 0 bridgehead atoms. The van der Waals surface area contributed by atoms with Crippen LogP contribution >= 0.6 is 0 Å². The molecule has 0 spiro atoms. The molecule has 0 aliphatic heterocycles. The zero-order valence-corrected chi connectivity index (χ0v) is 16.8. The molecule has 2 N–H and O–H groups in total. The minimum Gasteiger partial charge on any atom is -0.479 e. The van der Waals surface area contributed by atoms with Crippen molar-refractivity contribution in [3.63, 3.8) is 0 Å². The number of carboxylic acids is 1. The van der Waals surface area contributed by atoms with E-state index in [1.54, 1.807) is 30.3 Å². The lowest BCUT2D eigenvalue weighted by Gasteiger charge is -2.33. The van der Waals surface area contributed by atoms with Gasteiger partial charge in [0, 0.05) is 11.6 Å². The minimum absolute atomic E-state index is 0.198. The summed E-state index contributed by atoms with van der Waals surface area (Å²) in [5.74, 6) is -1.25. The van der Waals surface area contributed by atoms with Crippen LogP contribution in [0, 0.1) is 0 Å². The van der Waals surface area contributed by atoms with Gasteiger partial charge in [-0.2, -0.15) is 0 Å². The van der Waals surface area contributed by atoms with Crippen LogP contribution in [0.15, 0.2) is 48.5 Å². The Hall–Kier alpha value is -2.17. The highest BCUT2D eigenvalue weighted by Gasteiger charge is 2.42. The van der Waals surface area contributed by atoms with Gasteiger partial charge in [0.25, 0.3) is 0 Å². The van der Waals surface area contributed by atoms with E-state index in [1.165, 1.54) is 0 Å². The van der Waals surface area contributed by atoms with Crippen molar-refractivity contribution < 1.29 is 15.0 Å². The summed E-state index contributed by atoms with van der Waals surface area (Å²) in [6.07, 6.45) is 1.58. The number of aliphatic hydroxyl groups is 1. The molecule has 4 heteroatoms. The van der Waals surface area contributed by atoms with Crippen LogP contribution in [0.5, 0.6) is 0 Å². The number of aliphatic carboxylic acids is 1. The van der Waals surface area contributed by atoms with Gasteiger partial charge in [-0.15, -0.1) is 0 Å². The summed E-state index contributed by atoms with van der Waals surface area (Å²) in [5, 5.41) is 21.3. The average molecular weight is 370 g/mol. The van der Waals surface area contributed by atoms with E-state index < -0.39 is 11.6 Å². The summed E-state index contributed by atoms with van der Waals surface area (Å²) in [5.41, 5.74) is 0.804. The minimum atomic E-state index is -2.07. The molecule has 2 aromatic rings. The lowest BCUT2D eigenvalue weighted by Crippen LogP contribution is -2.38. The van der Waals surface area contributed by atoms with E-state index in [1.807, 2.05) is 19.1 Å². The van der Waals surface area contributed by atoms with Crippen LogP contribution in [0.2, 0.25) is 0 Å². The van der Waals surface area contributed by atoms with Crippen LogP contribution in [-0.2, 0) is 16.8 Å². The van der Waals surface area contributed by atoms with Crippen LogP contribution in [0.4, 0.5) is 0 Å². The van der Waals surface area contributed by atoms with Gasteiger partial charge < -0.3 is 10.2 Å². The van der Waals surface area contributed by atoms with Gasteiger partial charge in [0.1, 0.15) is 0 Å². The first-order valence-corrected chi connectivity index (χ1v) is 9.83. The molecule has 0 aliphatic rings. The molecule has 2 rings (SSSR count). The summed E-state index contributed by atoms with van der Waals surface area (Å²) in [6, 6.07) is 14.5. The number of hydrogen-bond donors (Lipinski definition) is 2. The van der Waals surface area contributed by atoms with Crippen LogP contribution < -0.4 is 0 Å². The maximum Gasteiger partial charge on any atom is 0.345 e. The van der Waals surface area contributed by atoms with E-state index in [2.05, 4.69) is 31.7 Å². The van der Waals surface area contributed by atoms with E-state index in [9.17, 15) is 15.0 Å². The Kier molecular flexibility index (Phi) is 7.17. The Morgan fingerprint density at radius 1 is 1.00 bits per heavy atom. The van der Waals surface area contributed by atoms with Gasteiger partial charge in [0.2, 0.25) is 5.60 Å². The monoisotopic (exact) mass is 369 g/mol. The van der Waals surface area contributed by atoms with Crippen molar-refractivity contribution in [2.24, 2.45) is 0 Å². The van der Waals surface area contributed by atoms with E-state index >= 15 is 0 Å². The fourth-order valence-corrected chi connectivity index (χ4v) is 4.06. The fourth-order valence-electron chi connectivity index (χ4n) is 4.06. The van der Waals surface area contributed by atoms with E-state index in [0.29, 0.717) is 17.5 Å². The molecule has 0 aromatic heterocycles. The van der Waals surface area contributed by atoms with Gasteiger partial charge in [-0.05, 0) is 42.6 Å². The Labute approximate surface area is 162 Å². The highest BCUT2D eigenvalue weighted by atomic mass is 16.4. The Balaban J connectivity index is 2.72. The standard InChI is InChI=1S/C23H31NO3/c1-5-18-19(21(6-2)24(7-3)8-4)15-12-16-20(18)23(27,22(25)26)17-13-10-9-11-14-17/h9-16,21,27H,5-8H2,1-4H3,(H,25,26). The van der Waals surface area contributed by atoms with Crippen molar-refractivity contribution in [3.05, 3.63) is 70.8 Å². The molecule has 0 amide bonds. The molecule has 2 atom stereocenters. The number of carboxylic acid groups (broad SMARTS) is 1. The molecule has 0 fully saturated rings. The van der Waals surface area contributed by atoms with Crippen LogP contribution in [0.1, 0.15) is 62.4 Å². The summed E-state index contributed by atoms with van der Waals surface area (Å²) >= 11 is 0. The van der Waals surface area contributed by atoms with Gasteiger partial charge >= 0.3 is 5.97 Å². The lowest BCUT2D eigenvalue weighted by atomic mass is 9.80. The maximum absolute atomic E-state index is 12.2. The van der Waals surface area contributed by atoms with E-state index in [4.69, 9.17) is 0 Å². The quantitative estimate of drug-likeness (QED) is 0.689. The third-order valence-electron chi connectivity index (χ3n) is 5.46. The molecule has 0 radical (unpaired) electrons. The highest BCUT2D eigenvalue weighted by molar-refractivity contribution is 5.84. The first-order chi connectivity index (χ1) is 12.9. The normalized spacial score (nSPS) is 14.7. The van der Waals surface area contributed by atoms with Gasteiger partial charge in [-0.1, -0.05) is 76.2 Å². The number of nitrogens with zero attached hydrogens (tertiary/aromatic N) is 1. The first kappa shape index (κ1) is 21.1. The average Bonchev–Trinajstić information content (AvgIpc) is 2.71. The molecule has 146 valence electrons. The summed E-state index contributed by atoms with van der Waals surface area (Å²) < 4.78 is 0. The van der Waals surface area contributed by atoms with Crippen molar-refractivity contribution in [1.29, 1.82) is 0 Å². The van der Waals surface area contributed by atoms with Gasteiger partial charge in [-0.3, -0.25) is 4.90 Å². The molecule has 0 heterocycles. The van der Waals surface area contributed by atoms with Gasteiger partial charge in [0.05, 0.1) is 0 Å².